The zero-order chi connectivity index (χ0) is 15.0. The zero-order valence-corrected chi connectivity index (χ0v) is 10.5. The topological polar surface area (TPSA) is 136 Å². The Labute approximate surface area is 118 Å². The molecule has 0 aliphatic carbocycles. The molecule has 2 heterocycles. The Morgan fingerprint density at radius 3 is 2.38 bits per heavy atom. The van der Waals surface area contributed by atoms with Crippen LogP contribution < -0.4 is 5.73 Å². The number of nitrogen functional groups attached to an aromatic ring is 1. The van der Waals surface area contributed by atoms with Crippen LogP contribution in [-0.2, 0) is 0 Å². The molecule has 0 spiro atoms. The molecule has 7 heteroatoms. The number of nitrogens with zero attached hydrogens (tertiary/aromatic N) is 6. The second-order valence-corrected chi connectivity index (χ2v) is 4.20. The van der Waals surface area contributed by atoms with Crippen LogP contribution in [0.15, 0.2) is 18.5 Å². The van der Waals surface area contributed by atoms with Crippen LogP contribution in [0, 0.1) is 34.0 Å². The summed E-state index contributed by atoms with van der Waals surface area (Å²) >= 11 is 0. The van der Waals surface area contributed by atoms with Crippen LogP contribution in [0.3, 0.4) is 0 Å². The van der Waals surface area contributed by atoms with Crippen molar-refractivity contribution in [2.24, 2.45) is 0 Å². The maximum absolute atomic E-state index is 9.35. The number of imidazole rings is 1. The second-order valence-electron chi connectivity index (χ2n) is 4.20. The minimum absolute atomic E-state index is 0.0205. The van der Waals surface area contributed by atoms with Crippen LogP contribution >= 0.6 is 0 Å². The van der Waals surface area contributed by atoms with Gasteiger partial charge in [0.05, 0.1) is 27.9 Å². The summed E-state index contributed by atoms with van der Waals surface area (Å²) in [6.45, 7) is 0. The van der Waals surface area contributed by atoms with Gasteiger partial charge in [-0.3, -0.25) is 0 Å². The van der Waals surface area contributed by atoms with Gasteiger partial charge >= 0.3 is 0 Å². The van der Waals surface area contributed by atoms with Gasteiger partial charge in [-0.25, -0.2) is 15.0 Å². The molecular weight excluding hydrogens is 266 g/mol. The fraction of sp³-hybridized carbons (Fsp3) is 0. The summed E-state index contributed by atoms with van der Waals surface area (Å²) in [5.74, 6) is 0. The van der Waals surface area contributed by atoms with E-state index in [1.54, 1.807) is 6.07 Å². The molecule has 0 atom stereocenters. The Balaban J connectivity index is 2.70. The summed E-state index contributed by atoms with van der Waals surface area (Å²) in [4.78, 5) is 12.3. The molecule has 3 aromatic rings. The highest BCUT2D eigenvalue weighted by molar-refractivity contribution is 5.98. The summed E-state index contributed by atoms with van der Waals surface area (Å²) in [5.41, 5.74) is 7.34. The Hall–Kier alpha value is -3.76. The van der Waals surface area contributed by atoms with Crippen molar-refractivity contribution in [3.63, 3.8) is 0 Å². The van der Waals surface area contributed by atoms with E-state index in [0.29, 0.717) is 16.6 Å². The molecule has 0 saturated carbocycles. The fourth-order valence-electron chi connectivity index (χ4n) is 2.09. The average Bonchev–Trinajstić information content (AvgIpc) is 2.91. The van der Waals surface area contributed by atoms with Gasteiger partial charge in [0.25, 0.3) is 0 Å². The second kappa shape index (κ2) is 4.41. The van der Waals surface area contributed by atoms with E-state index in [0.717, 1.165) is 0 Å². The third-order valence-electron chi connectivity index (χ3n) is 3.09. The Kier molecular flexibility index (Phi) is 2.58. The molecule has 2 aromatic heterocycles. The number of anilines is 1. The van der Waals surface area contributed by atoms with E-state index in [4.69, 9.17) is 11.0 Å². The number of hydrogen-bond acceptors (Lipinski definition) is 7. The highest BCUT2D eigenvalue weighted by Gasteiger charge is 2.15. The zero-order valence-electron chi connectivity index (χ0n) is 10.5. The number of hydrogen-bond donors (Lipinski definition) is 1. The highest BCUT2D eigenvalue weighted by Crippen LogP contribution is 2.28. The van der Waals surface area contributed by atoms with Gasteiger partial charge in [-0.1, -0.05) is 0 Å². The molecule has 0 bridgehead atoms. The standard InChI is InChI=1S/C14H5N7/c15-3-7-1-8(4-16)13-9(10(5-17)12(7)18)2-11-14(21-13)20-6-19-11/h1-2,6H,18H2. The Bertz CT molecular complexity index is 1030. The largest absolute Gasteiger partial charge is 0.397 e. The third kappa shape index (κ3) is 1.68. The number of rotatable bonds is 0. The van der Waals surface area contributed by atoms with E-state index in [-0.39, 0.29) is 27.9 Å². The van der Waals surface area contributed by atoms with Crippen molar-refractivity contribution in [3.05, 3.63) is 35.2 Å². The molecule has 7 nitrogen and oxygen atoms in total. The average molecular weight is 271 g/mol. The highest BCUT2D eigenvalue weighted by atomic mass is 14.9. The molecule has 0 saturated heterocycles. The lowest BCUT2D eigenvalue weighted by Crippen LogP contribution is -1.92. The molecule has 1 aromatic carbocycles. The molecular formula is C14H5N7. The lowest BCUT2D eigenvalue weighted by molar-refractivity contribution is 1.32. The van der Waals surface area contributed by atoms with E-state index < -0.39 is 0 Å². The fourth-order valence-corrected chi connectivity index (χ4v) is 2.09. The maximum Gasteiger partial charge on any atom is 0.180 e. The molecule has 96 valence electrons. The van der Waals surface area contributed by atoms with E-state index in [2.05, 4.69) is 15.0 Å². The lowest BCUT2D eigenvalue weighted by Gasteiger charge is -1.98. The van der Waals surface area contributed by atoms with Crippen LogP contribution in [0.4, 0.5) is 5.69 Å². The Morgan fingerprint density at radius 2 is 1.71 bits per heavy atom. The molecule has 3 rings (SSSR count). The first kappa shape index (κ1) is 12.3. The summed E-state index contributed by atoms with van der Waals surface area (Å²) in [6.07, 6.45) is 1.35. The summed E-state index contributed by atoms with van der Waals surface area (Å²) < 4.78 is 0. The number of fused-ring (bicyclic) bond motifs is 2. The van der Waals surface area contributed by atoms with E-state index in [9.17, 15) is 10.5 Å². The first-order valence-electron chi connectivity index (χ1n) is 5.78. The molecule has 0 aliphatic heterocycles. The first-order valence-corrected chi connectivity index (χ1v) is 5.78. The lowest BCUT2D eigenvalue weighted by atomic mass is 10.1. The quantitative estimate of drug-likeness (QED) is 0.651. The molecule has 0 aliphatic rings. The first-order chi connectivity index (χ1) is 10.2. The van der Waals surface area contributed by atoms with Crippen molar-refractivity contribution in [1.29, 1.82) is 15.8 Å². The predicted octanol–water partition coefficient (Wildman–Crippen LogP) is 1.38. The Morgan fingerprint density at radius 1 is 0.952 bits per heavy atom. The number of pyridine rings is 1. The monoisotopic (exact) mass is 271 g/mol. The van der Waals surface area contributed by atoms with Crippen molar-refractivity contribution in [3.8, 4) is 18.2 Å². The normalized spacial score (nSPS) is 9.95. The summed E-state index contributed by atoms with van der Waals surface area (Å²) in [6, 6.07) is 8.76. The van der Waals surface area contributed by atoms with Crippen molar-refractivity contribution in [1.82, 2.24) is 15.0 Å². The van der Waals surface area contributed by atoms with Crippen LogP contribution in [-0.4, -0.2) is 15.0 Å². The van der Waals surface area contributed by atoms with Crippen LogP contribution in [0.2, 0.25) is 0 Å². The molecule has 0 fully saturated rings. The molecule has 0 radical (unpaired) electrons. The van der Waals surface area contributed by atoms with Gasteiger partial charge in [-0.05, 0) is 12.1 Å². The molecule has 2 N–H and O–H groups in total. The maximum atomic E-state index is 9.35. The van der Waals surface area contributed by atoms with Crippen LogP contribution in [0.1, 0.15) is 16.7 Å². The van der Waals surface area contributed by atoms with Gasteiger partial charge in [0.1, 0.15) is 30.1 Å². The van der Waals surface area contributed by atoms with E-state index in [1.807, 2.05) is 18.2 Å². The summed E-state index contributed by atoms with van der Waals surface area (Å²) in [5, 5.41) is 28.1. The van der Waals surface area contributed by atoms with Crippen molar-refractivity contribution in [2.45, 2.75) is 0 Å². The molecule has 0 unspecified atom stereocenters. The van der Waals surface area contributed by atoms with E-state index >= 15 is 0 Å². The van der Waals surface area contributed by atoms with Gasteiger partial charge in [0, 0.05) is 5.39 Å². The van der Waals surface area contributed by atoms with Crippen molar-refractivity contribution >= 4 is 27.8 Å². The molecule has 21 heavy (non-hydrogen) atoms. The predicted molar refractivity (Wildman–Crippen MR) is 73.4 cm³/mol. The SMILES string of the molecule is N#Cc1cc(C#N)c2nc3ncnc3cc2c(C#N)c1N. The minimum Gasteiger partial charge on any atom is -0.397 e. The van der Waals surface area contributed by atoms with Gasteiger partial charge < -0.3 is 5.73 Å². The van der Waals surface area contributed by atoms with Crippen molar-refractivity contribution < 1.29 is 0 Å². The third-order valence-corrected chi connectivity index (χ3v) is 3.09. The molecule has 0 amide bonds. The van der Waals surface area contributed by atoms with Crippen LogP contribution in [0.25, 0.3) is 22.1 Å². The smallest absolute Gasteiger partial charge is 0.180 e. The van der Waals surface area contributed by atoms with E-state index in [1.165, 1.54) is 12.4 Å². The van der Waals surface area contributed by atoms with Gasteiger partial charge in [0.15, 0.2) is 5.65 Å². The summed E-state index contributed by atoms with van der Waals surface area (Å²) in [7, 11) is 0. The number of nitriles is 3. The van der Waals surface area contributed by atoms with Gasteiger partial charge in [-0.15, -0.1) is 0 Å². The van der Waals surface area contributed by atoms with Crippen molar-refractivity contribution in [2.75, 3.05) is 5.73 Å². The minimum atomic E-state index is 0.0205. The van der Waals surface area contributed by atoms with Crippen LogP contribution in [0.5, 0.6) is 0 Å². The number of nitrogens with two attached hydrogens (primary N) is 1. The van der Waals surface area contributed by atoms with Gasteiger partial charge in [0.2, 0.25) is 0 Å². The number of aromatic nitrogens is 3. The van der Waals surface area contributed by atoms with Gasteiger partial charge in [-0.2, -0.15) is 15.8 Å².